The molecule has 2 aliphatic carbocycles. The van der Waals surface area contributed by atoms with Gasteiger partial charge in [0, 0.05) is 30.9 Å². The summed E-state index contributed by atoms with van der Waals surface area (Å²) in [6, 6.07) is 0. The van der Waals surface area contributed by atoms with Crippen LogP contribution in [0.2, 0.25) is 0 Å². The number of carbonyl (C=O) groups excluding carboxylic acids is 1. The van der Waals surface area contributed by atoms with Crippen LogP contribution >= 0.6 is 0 Å². The largest absolute Gasteiger partial charge is 0.522 e. The van der Waals surface area contributed by atoms with Crippen LogP contribution in [-0.2, 0) is 19.0 Å². The first-order chi connectivity index (χ1) is 15.4. The molecule has 33 heavy (non-hydrogen) atoms. The fourth-order valence-corrected chi connectivity index (χ4v) is 3.47. The molecule has 1 aromatic heterocycles. The molecule has 0 unspecified atom stereocenters. The number of amides is 1. The number of hydrogen-bond donors (Lipinski definition) is 1. The second-order valence-electron chi connectivity index (χ2n) is 8.03. The summed E-state index contributed by atoms with van der Waals surface area (Å²) in [5.41, 5.74) is 0.470. The molecular weight excluding hydrogens is 464 g/mol. The standard InChI is InChI=1S/C19H23F6N3O5/c1-10(2-3-26-15(29)9-30-13-6-14(7-13)33-19(23,24)25)16-27-28-17(32-16)12-4-11(5-12)8-31-18(20,21)22/h11-14H,1-9H2,(H,26,29). The van der Waals surface area contributed by atoms with E-state index in [-0.39, 0.29) is 43.7 Å². The molecule has 14 heteroatoms. The molecule has 8 nitrogen and oxygen atoms in total. The average molecular weight is 487 g/mol. The van der Waals surface area contributed by atoms with Crippen molar-refractivity contribution < 1.29 is 49.8 Å². The van der Waals surface area contributed by atoms with Crippen LogP contribution in [0.3, 0.4) is 0 Å². The van der Waals surface area contributed by atoms with E-state index in [1.807, 2.05) is 0 Å². The Morgan fingerprint density at radius 1 is 1.06 bits per heavy atom. The Morgan fingerprint density at radius 2 is 1.76 bits per heavy atom. The average Bonchev–Trinajstić information content (AvgIpc) is 3.10. The summed E-state index contributed by atoms with van der Waals surface area (Å²) in [6.45, 7) is 3.32. The van der Waals surface area contributed by atoms with E-state index in [4.69, 9.17) is 9.15 Å². The van der Waals surface area contributed by atoms with Gasteiger partial charge in [-0.25, -0.2) is 0 Å². The molecule has 1 N–H and O–H groups in total. The predicted octanol–water partition coefficient (Wildman–Crippen LogP) is 3.70. The van der Waals surface area contributed by atoms with E-state index >= 15 is 0 Å². The zero-order valence-corrected chi connectivity index (χ0v) is 17.4. The van der Waals surface area contributed by atoms with Crippen molar-refractivity contribution in [3.63, 3.8) is 0 Å². The molecule has 0 radical (unpaired) electrons. The zero-order chi connectivity index (χ0) is 24.2. The highest BCUT2D eigenvalue weighted by Crippen LogP contribution is 2.42. The summed E-state index contributed by atoms with van der Waals surface area (Å²) < 4.78 is 90.7. The van der Waals surface area contributed by atoms with E-state index in [0.29, 0.717) is 30.7 Å². The van der Waals surface area contributed by atoms with E-state index in [2.05, 4.69) is 31.6 Å². The molecule has 2 fully saturated rings. The lowest BCUT2D eigenvalue weighted by Crippen LogP contribution is -2.42. The smallest absolute Gasteiger partial charge is 0.421 e. The highest BCUT2D eigenvalue weighted by atomic mass is 19.4. The molecule has 0 saturated heterocycles. The van der Waals surface area contributed by atoms with Crippen molar-refractivity contribution in [2.45, 2.75) is 63.0 Å². The Labute approximate surface area is 184 Å². The third kappa shape index (κ3) is 8.27. The summed E-state index contributed by atoms with van der Waals surface area (Å²) in [6.07, 6.45) is -9.39. The molecule has 1 amide bonds. The summed E-state index contributed by atoms with van der Waals surface area (Å²) in [5.74, 6) is -0.299. The third-order valence-electron chi connectivity index (χ3n) is 5.36. The Bertz CT molecular complexity index is 816. The number of ether oxygens (including phenoxy) is 3. The number of carbonyl (C=O) groups is 1. The highest BCUT2D eigenvalue weighted by Gasteiger charge is 2.41. The van der Waals surface area contributed by atoms with Gasteiger partial charge >= 0.3 is 12.7 Å². The van der Waals surface area contributed by atoms with E-state index < -0.39 is 37.4 Å². The minimum Gasteiger partial charge on any atom is -0.421 e. The number of hydrogen-bond acceptors (Lipinski definition) is 7. The highest BCUT2D eigenvalue weighted by molar-refractivity contribution is 5.77. The van der Waals surface area contributed by atoms with E-state index in [1.165, 1.54) is 0 Å². The maximum atomic E-state index is 12.1. The maximum absolute atomic E-state index is 12.1. The summed E-state index contributed by atoms with van der Waals surface area (Å²) >= 11 is 0. The van der Waals surface area contributed by atoms with Crippen molar-refractivity contribution in [2.75, 3.05) is 19.8 Å². The molecule has 3 rings (SSSR count). The van der Waals surface area contributed by atoms with Crippen molar-refractivity contribution in [2.24, 2.45) is 5.92 Å². The number of halogens is 6. The lowest BCUT2D eigenvalue weighted by Gasteiger charge is -2.34. The fourth-order valence-electron chi connectivity index (χ4n) is 3.47. The predicted molar refractivity (Wildman–Crippen MR) is 98.3 cm³/mol. The fraction of sp³-hybridized carbons (Fsp3) is 0.737. The topological polar surface area (TPSA) is 95.7 Å². The van der Waals surface area contributed by atoms with Gasteiger partial charge in [0.25, 0.3) is 0 Å². The monoisotopic (exact) mass is 487 g/mol. The lowest BCUT2D eigenvalue weighted by molar-refractivity contribution is -0.357. The Balaban J connectivity index is 1.27. The van der Waals surface area contributed by atoms with Gasteiger partial charge in [0.1, 0.15) is 6.61 Å². The van der Waals surface area contributed by atoms with Crippen LogP contribution in [0.5, 0.6) is 0 Å². The summed E-state index contributed by atoms with van der Waals surface area (Å²) in [5, 5.41) is 10.4. The van der Waals surface area contributed by atoms with Crippen molar-refractivity contribution in [3.8, 4) is 0 Å². The van der Waals surface area contributed by atoms with Crippen LogP contribution < -0.4 is 5.32 Å². The summed E-state index contributed by atoms with van der Waals surface area (Å²) in [7, 11) is 0. The first-order valence-corrected chi connectivity index (χ1v) is 10.2. The van der Waals surface area contributed by atoms with E-state index in [1.54, 1.807) is 0 Å². The second kappa shape index (κ2) is 10.4. The molecule has 0 spiro atoms. The quantitative estimate of drug-likeness (QED) is 0.476. The first-order valence-electron chi connectivity index (χ1n) is 10.2. The SMILES string of the molecule is C=C(CCNC(=O)COC1CC(OC(F)(F)F)C1)c1nnc(C2CC(COC(F)(F)F)C2)o1. The van der Waals surface area contributed by atoms with Gasteiger partial charge in [-0.1, -0.05) is 6.58 Å². The van der Waals surface area contributed by atoms with Gasteiger partial charge in [-0.2, -0.15) is 0 Å². The van der Waals surface area contributed by atoms with Gasteiger partial charge < -0.3 is 14.5 Å². The van der Waals surface area contributed by atoms with Crippen molar-refractivity contribution in [1.82, 2.24) is 15.5 Å². The molecule has 2 aliphatic rings. The normalized spacial score (nSPS) is 25.3. The number of aromatic nitrogens is 2. The Hall–Kier alpha value is -2.19. The lowest BCUT2D eigenvalue weighted by atomic mass is 9.75. The van der Waals surface area contributed by atoms with Crippen LogP contribution in [0, 0.1) is 5.92 Å². The van der Waals surface area contributed by atoms with Crippen LogP contribution in [0.15, 0.2) is 11.0 Å². The number of rotatable bonds is 11. The van der Waals surface area contributed by atoms with Crippen LogP contribution in [0.4, 0.5) is 26.3 Å². The van der Waals surface area contributed by atoms with Gasteiger partial charge in [-0.3, -0.25) is 14.3 Å². The zero-order valence-electron chi connectivity index (χ0n) is 17.4. The number of nitrogens with zero attached hydrogens (tertiary/aromatic N) is 2. The van der Waals surface area contributed by atoms with Crippen molar-refractivity contribution in [1.29, 1.82) is 0 Å². The number of nitrogens with one attached hydrogen (secondary N) is 1. The molecule has 186 valence electrons. The first kappa shape index (κ1) is 25.4. The minimum absolute atomic E-state index is 0.0696. The van der Waals surface area contributed by atoms with Crippen molar-refractivity contribution in [3.05, 3.63) is 18.4 Å². The molecule has 0 bridgehead atoms. The maximum Gasteiger partial charge on any atom is 0.522 e. The molecule has 2 saturated carbocycles. The van der Waals surface area contributed by atoms with Gasteiger partial charge in [-0.05, 0) is 25.2 Å². The van der Waals surface area contributed by atoms with Crippen LogP contribution in [0.25, 0.3) is 5.57 Å². The molecule has 0 aromatic carbocycles. The van der Waals surface area contributed by atoms with Crippen molar-refractivity contribution >= 4 is 11.5 Å². The Morgan fingerprint density at radius 3 is 2.39 bits per heavy atom. The molecule has 0 atom stereocenters. The van der Waals surface area contributed by atoms with Crippen LogP contribution in [0.1, 0.15) is 49.8 Å². The van der Waals surface area contributed by atoms with Gasteiger partial charge in [0.2, 0.25) is 17.7 Å². The second-order valence-corrected chi connectivity index (χ2v) is 8.03. The molecule has 1 heterocycles. The van der Waals surface area contributed by atoms with E-state index in [9.17, 15) is 31.1 Å². The number of alkyl halides is 6. The molecule has 1 aromatic rings. The Kier molecular flexibility index (Phi) is 8.00. The van der Waals surface area contributed by atoms with Gasteiger partial charge in [0.15, 0.2) is 0 Å². The third-order valence-corrected chi connectivity index (χ3v) is 5.36. The van der Waals surface area contributed by atoms with E-state index in [0.717, 1.165) is 0 Å². The molecule has 0 aliphatic heterocycles. The van der Waals surface area contributed by atoms with Gasteiger partial charge in [-0.15, -0.1) is 36.5 Å². The minimum atomic E-state index is -4.68. The van der Waals surface area contributed by atoms with Gasteiger partial charge in [0.05, 0.1) is 18.8 Å². The van der Waals surface area contributed by atoms with Crippen LogP contribution in [-0.4, -0.2) is 60.8 Å². The summed E-state index contributed by atoms with van der Waals surface area (Å²) in [4.78, 5) is 11.8. The molecular formula is C19H23F6N3O5.